The first-order valence-corrected chi connectivity index (χ1v) is 12.1. The zero-order valence-corrected chi connectivity index (χ0v) is 20.1. The maximum atomic E-state index is 13.5. The fraction of sp³-hybridized carbons (Fsp3) is 0.348. The summed E-state index contributed by atoms with van der Waals surface area (Å²) < 4.78 is 2.64. The molecular formula is C23H24IN3O2S. The number of amides is 1. The van der Waals surface area contributed by atoms with E-state index in [1.54, 1.807) is 4.57 Å². The Morgan fingerprint density at radius 1 is 1.13 bits per heavy atom. The van der Waals surface area contributed by atoms with E-state index in [-0.39, 0.29) is 16.7 Å². The lowest BCUT2D eigenvalue weighted by molar-refractivity contribution is -0.131. The van der Waals surface area contributed by atoms with Gasteiger partial charge in [-0.25, -0.2) is 4.98 Å². The van der Waals surface area contributed by atoms with Crippen molar-refractivity contribution in [1.29, 1.82) is 0 Å². The highest BCUT2D eigenvalue weighted by Gasteiger charge is 2.25. The van der Waals surface area contributed by atoms with Crippen LogP contribution in [-0.4, -0.2) is 38.7 Å². The van der Waals surface area contributed by atoms with Crippen LogP contribution in [0.2, 0.25) is 0 Å². The monoisotopic (exact) mass is 533 g/mol. The van der Waals surface area contributed by atoms with E-state index in [0.29, 0.717) is 16.1 Å². The highest BCUT2D eigenvalue weighted by atomic mass is 127. The first kappa shape index (κ1) is 21.4. The fourth-order valence-electron chi connectivity index (χ4n) is 3.79. The predicted molar refractivity (Wildman–Crippen MR) is 131 cm³/mol. The van der Waals surface area contributed by atoms with E-state index in [0.717, 1.165) is 40.8 Å². The molecule has 1 unspecified atom stereocenters. The molecule has 5 nitrogen and oxygen atoms in total. The number of hydrogen-bond donors (Lipinski definition) is 0. The number of hydrogen-bond acceptors (Lipinski definition) is 4. The maximum absolute atomic E-state index is 13.5. The molecule has 0 N–H and O–H groups in total. The summed E-state index contributed by atoms with van der Waals surface area (Å²) in [6.45, 7) is 5.55. The van der Waals surface area contributed by atoms with Gasteiger partial charge in [-0.1, -0.05) is 23.9 Å². The average Bonchev–Trinajstić information content (AvgIpc) is 2.74. The third-order valence-electron chi connectivity index (χ3n) is 5.36. The van der Waals surface area contributed by atoms with Crippen LogP contribution in [0.4, 0.5) is 0 Å². The van der Waals surface area contributed by atoms with Gasteiger partial charge in [0.25, 0.3) is 5.56 Å². The number of benzene rings is 2. The van der Waals surface area contributed by atoms with E-state index in [2.05, 4.69) is 22.6 Å². The molecule has 0 bridgehead atoms. The number of piperidine rings is 1. The number of aryl methyl sites for hydroxylation is 1. The van der Waals surface area contributed by atoms with Gasteiger partial charge in [0, 0.05) is 16.7 Å². The van der Waals surface area contributed by atoms with Crippen LogP contribution >= 0.6 is 34.4 Å². The number of thioether (sulfide) groups is 1. The van der Waals surface area contributed by atoms with Crippen LogP contribution in [0.25, 0.3) is 16.6 Å². The van der Waals surface area contributed by atoms with Gasteiger partial charge in [0.05, 0.1) is 21.8 Å². The minimum Gasteiger partial charge on any atom is -0.342 e. The van der Waals surface area contributed by atoms with Crippen molar-refractivity contribution in [3.8, 4) is 5.69 Å². The second-order valence-corrected chi connectivity index (χ2v) is 10.2. The molecule has 2 heterocycles. The van der Waals surface area contributed by atoms with Crippen molar-refractivity contribution in [2.75, 3.05) is 13.1 Å². The van der Waals surface area contributed by atoms with E-state index < -0.39 is 0 Å². The number of nitrogens with zero attached hydrogens (tertiary/aromatic N) is 3. The van der Waals surface area contributed by atoms with Crippen molar-refractivity contribution in [3.05, 3.63) is 62.0 Å². The molecule has 0 spiro atoms. The van der Waals surface area contributed by atoms with Crippen molar-refractivity contribution in [1.82, 2.24) is 14.5 Å². The largest absolute Gasteiger partial charge is 0.342 e. The lowest BCUT2D eigenvalue weighted by atomic mass is 10.1. The summed E-state index contributed by atoms with van der Waals surface area (Å²) in [7, 11) is 0. The van der Waals surface area contributed by atoms with Gasteiger partial charge < -0.3 is 4.90 Å². The molecule has 4 rings (SSSR count). The molecule has 156 valence electrons. The van der Waals surface area contributed by atoms with Crippen LogP contribution in [0, 0.1) is 10.5 Å². The Labute approximate surface area is 194 Å². The average molecular weight is 533 g/mol. The van der Waals surface area contributed by atoms with Gasteiger partial charge in [-0.15, -0.1) is 0 Å². The Morgan fingerprint density at radius 3 is 2.63 bits per heavy atom. The van der Waals surface area contributed by atoms with E-state index in [4.69, 9.17) is 4.98 Å². The smallest absolute Gasteiger partial charge is 0.266 e. The maximum Gasteiger partial charge on any atom is 0.266 e. The van der Waals surface area contributed by atoms with Crippen LogP contribution in [0.3, 0.4) is 0 Å². The van der Waals surface area contributed by atoms with Crippen molar-refractivity contribution < 1.29 is 4.79 Å². The normalized spacial score (nSPS) is 15.4. The number of rotatable bonds is 4. The SMILES string of the molecule is Cc1cccc(-n2c(SC(C)C(=O)N3CCCCC3)nc3ccc(I)cc3c2=O)c1. The Hall–Kier alpha value is -1.87. The molecule has 1 aromatic heterocycles. The van der Waals surface area contributed by atoms with E-state index in [1.165, 1.54) is 18.2 Å². The van der Waals surface area contributed by atoms with Crippen LogP contribution in [0.15, 0.2) is 52.4 Å². The molecule has 0 radical (unpaired) electrons. The van der Waals surface area contributed by atoms with Crippen molar-refractivity contribution in [2.24, 2.45) is 0 Å². The van der Waals surface area contributed by atoms with Crippen molar-refractivity contribution >= 4 is 51.2 Å². The van der Waals surface area contributed by atoms with E-state index in [9.17, 15) is 9.59 Å². The number of carbonyl (C=O) groups excluding carboxylic acids is 1. The lowest BCUT2D eigenvalue weighted by Gasteiger charge is -2.29. The molecule has 1 aliphatic heterocycles. The summed E-state index contributed by atoms with van der Waals surface area (Å²) in [6, 6.07) is 13.5. The topological polar surface area (TPSA) is 55.2 Å². The zero-order chi connectivity index (χ0) is 21.3. The minimum atomic E-state index is -0.313. The van der Waals surface area contributed by atoms with E-state index in [1.807, 2.05) is 61.2 Å². The Balaban J connectivity index is 1.79. The predicted octanol–water partition coefficient (Wildman–Crippen LogP) is 4.79. The van der Waals surface area contributed by atoms with Gasteiger partial charge in [-0.3, -0.25) is 14.2 Å². The summed E-state index contributed by atoms with van der Waals surface area (Å²) in [5, 5.41) is 0.826. The summed E-state index contributed by atoms with van der Waals surface area (Å²) >= 11 is 3.57. The highest BCUT2D eigenvalue weighted by Crippen LogP contribution is 2.27. The highest BCUT2D eigenvalue weighted by molar-refractivity contribution is 14.1. The van der Waals surface area contributed by atoms with E-state index >= 15 is 0 Å². The van der Waals surface area contributed by atoms with Crippen LogP contribution < -0.4 is 5.56 Å². The van der Waals surface area contributed by atoms with Gasteiger partial charge in [-0.2, -0.15) is 0 Å². The Kier molecular flexibility index (Phi) is 6.48. The van der Waals surface area contributed by atoms with Crippen molar-refractivity contribution in [3.63, 3.8) is 0 Å². The number of aromatic nitrogens is 2. The quantitative estimate of drug-likeness (QED) is 0.275. The molecule has 1 atom stereocenters. The molecule has 30 heavy (non-hydrogen) atoms. The summed E-state index contributed by atoms with van der Waals surface area (Å²) in [6.07, 6.45) is 3.30. The molecule has 0 aliphatic carbocycles. The first-order chi connectivity index (χ1) is 14.4. The number of fused-ring (bicyclic) bond motifs is 1. The number of halogens is 1. The minimum absolute atomic E-state index is 0.107. The molecule has 1 saturated heterocycles. The number of carbonyl (C=O) groups is 1. The van der Waals surface area contributed by atoms with Gasteiger partial charge in [-0.05, 0) is 91.6 Å². The summed E-state index contributed by atoms with van der Waals surface area (Å²) in [5.74, 6) is 0.118. The summed E-state index contributed by atoms with van der Waals surface area (Å²) in [5.41, 5.74) is 2.39. The first-order valence-electron chi connectivity index (χ1n) is 10.2. The molecule has 0 saturated carbocycles. The van der Waals surface area contributed by atoms with Gasteiger partial charge in [0.15, 0.2) is 5.16 Å². The molecule has 1 amide bonds. The second-order valence-electron chi connectivity index (χ2n) is 7.68. The van der Waals surface area contributed by atoms with Crippen LogP contribution in [0.1, 0.15) is 31.7 Å². The van der Waals surface area contributed by atoms with Crippen LogP contribution in [-0.2, 0) is 4.79 Å². The molecule has 1 aliphatic rings. The third kappa shape index (κ3) is 4.42. The molecule has 3 aromatic rings. The zero-order valence-electron chi connectivity index (χ0n) is 17.1. The Morgan fingerprint density at radius 2 is 1.90 bits per heavy atom. The molecule has 2 aromatic carbocycles. The van der Waals surface area contributed by atoms with Crippen molar-refractivity contribution in [2.45, 2.75) is 43.5 Å². The molecule has 7 heteroatoms. The lowest BCUT2D eigenvalue weighted by Crippen LogP contribution is -2.40. The summed E-state index contributed by atoms with van der Waals surface area (Å²) in [4.78, 5) is 33.2. The molecule has 1 fully saturated rings. The van der Waals surface area contributed by atoms with Gasteiger partial charge in [0.2, 0.25) is 5.91 Å². The fourth-order valence-corrected chi connectivity index (χ4v) is 5.29. The molecular weight excluding hydrogens is 509 g/mol. The third-order valence-corrected chi connectivity index (χ3v) is 7.07. The standard InChI is InChI=1S/C23H24IN3O2S/c1-15-7-6-8-18(13-15)27-22(29)19-14-17(24)9-10-20(19)25-23(27)30-16(2)21(28)26-11-4-3-5-12-26/h6-10,13-14,16H,3-5,11-12H2,1-2H3. The second kappa shape index (κ2) is 9.09. The van der Waals surface area contributed by atoms with Gasteiger partial charge >= 0.3 is 0 Å². The van der Waals surface area contributed by atoms with Gasteiger partial charge in [0.1, 0.15) is 0 Å². The number of likely N-dealkylation sites (tertiary alicyclic amines) is 1. The van der Waals surface area contributed by atoms with Crippen LogP contribution in [0.5, 0.6) is 0 Å². The Bertz CT molecular complexity index is 1150.